The van der Waals surface area contributed by atoms with Gasteiger partial charge in [-0.2, -0.15) is 0 Å². The molecule has 3 aromatic carbocycles. The Bertz CT molecular complexity index is 1180. The summed E-state index contributed by atoms with van der Waals surface area (Å²) in [5, 5.41) is 0. The van der Waals surface area contributed by atoms with Gasteiger partial charge in [-0.3, -0.25) is 9.69 Å². The molecule has 5 nitrogen and oxygen atoms in total. The molecule has 1 aliphatic rings. The maximum atomic E-state index is 14.2. The number of alkyl halides is 1. The largest absolute Gasteiger partial charge is 0.460 e. The minimum absolute atomic E-state index is 0.0403. The number of hydrogen-bond donors (Lipinski definition) is 1. The molecule has 164 valence electrons. The molecule has 1 aliphatic heterocycles. The van der Waals surface area contributed by atoms with Crippen molar-refractivity contribution in [3.05, 3.63) is 101 Å². The number of nitrogens with two attached hydrogens (primary N) is 1. The summed E-state index contributed by atoms with van der Waals surface area (Å²) in [5.74, 6) is -0.496. The average molecular weight is 435 g/mol. The zero-order chi connectivity index (χ0) is 22.9. The predicted molar refractivity (Wildman–Crippen MR) is 118 cm³/mol. The van der Waals surface area contributed by atoms with Crippen molar-refractivity contribution in [2.75, 3.05) is 0 Å². The lowest BCUT2D eigenvalue weighted by Crippen LogP contribution is -2.43. The number of aryl methyl sites for hydroxylation is 1. The zero-order valence-electron chi connectivity index (χ0n) is 17.8. The minimum Gasteiger partial charge on any atom is -0.460 e. The highest BCUT2D eigenvalue weighted by Crippen LogP contribution is 2.41. The van der Waals surface area contributed by atoms with Gasteiger partial charge in [-0.15, -0.1) is 0 Å². The van der Waals surface area contributed by atoms with Crippen molar-refractivity contribution in [3.8, 4) is 5.75 Å². The van der Waals surface area contributed by atoms with Crippen LogP contribution in [0.5, 0.6) is 5.75 Å². The van der Waals surface area contributed by atoms with E-state index < -0.39 is 23.6 Å². The van der Waals surface area contributed by atoms with Crippen LogP contribution in [0.25, 0.3) is 0 Å². The Morgan fingerprint density at radius 2 is 1.78 bits per heavy atom. The minimum atomic E-state index is -1.56. The Morgan fingerprint density at radius 3 is 2.44 bits per heavy atom. The molecule has 0 aromatic heterocycles. The van der Waals surface area contributed by atoms with Gasteiger partial charge in [0.1, 0.15) is 11.6 Å². The van der Waals surface area contributed by atoms with E-state index in [4.69, 9.17) is 10.5 Å². The highest BCUT2D eigenvalue weighted by molar-refractivity contribution is 6.09. The van der Waals surface area contributed by atoms with Crippen molar-refractivity contribution in [2.24, 2.45) is 10.7 Å². The van der Waals surface area contributed by atoms with Crippen LogP contribution in [0, 0.1) is 12.7 Å². The fourth-order valence-corrected chi connectivity index (χ4v) is 3.94. The van der Waals surface area contributed by atoms with Gasteiger partial charge in [0, 0.05) is 6.92 Å². The molecule has 0 fully saturated rings. The van der Waals surface area contributed by atoms with Crippen molar-refractivity contribution in [1.29, 1.82) is 0 Å². The van der Waals surface area contributed by atoms with Crippen LogP contribution >= 0.6 is 0 Å². The monoisotopic (exact) mass is 435 g/mol. The number of ether oxygens (including phenoxy) is 1. The Hall–Kier alpha value is -3.74. The summed E-state index contributed by atoms with van der Waals surface area (Å²) in [6.07, 6.45) is -1.49. The van der Waals surface area contributed by atoms with Gasteiger partial charge in [0.15, 0.2) is 11.5 Å². The molecule has 32 heavy (non-hydrogen) atoms. The van der Waals surface area contributed by atoms with E-state index in [0.717, 1.165) is 5.56 Å². The van der Waals surface area contributed by atoms with Crippen LogP contribution in [-0.2, 0) is 16.9 Å². The zero-order valence-corrected chi connectivity index (χ0v) is 17.8. The quantitative estimate of drug-likeness (QED) is 0.623. The van der Waals surface area contributed by atoms with Crippen molar-refractivity contribution in [1.82, 2.24) is 4.90 Å². The number of benzene rings is 3. The Kier molecular flexibility index (Phi) is 5.65. The third kappa shape index (κ3) is 3.82. The second-order valence-corrected chi connectivity index (χ2v) is 7.71. The van der Waals surface area contributed by atoms with E-state index in [9.17, 15) is 13.6 Å². The molecular formula is C25H23F2N3O2. The molecule has 2 N–H and O–H groups in total. The number of carbonyl (C=O) groups excluding carboxylic acids is 1. The SMILES string of the molecule is Cc1cc(C2(c3cccc(F)c3)N=C(N)N(Cc3ccccc3)C2=O)ccc1OC(C)F. The van der Waals surface area contributed by atoms with E-state index in [-0.39, 0.29) is 12.5 Å². The van der Waals surface area contributed by atoms with Crippen molar-refractivity contribution in [3.63, 3.8) is 0 Å². The standard InChI is InChI=1S/C25H23F2N3O2/c1-16-13-20(11-12-22(16)32-17(2)26)25(19-9-6-10-21(27)14-19)23(31)30(24(28)29-25)15-18-7-4-3-5-8-18/h3-14,17H,15H2,1-2H3,(H2,28,29). The first-order valence-corrected chi connectivity index (χ1v) is 10.2. The van der Waals surface area contributed by atoms with E-state index in [1.807, 2.05) is 30.3 Å². The van der Waals surface area contributed by atoms with E-state index in [1.165, 1.54) is 30.0 Å². The fraction of sp³-hybridized carbons (Fsp3) is 0.200. The van der Waals surface area contributed by atoms with E-state index in [0.29, 0.717) is 22.4 Å². The normalized spacial score (nSPS) is 19.1. The lowest BCUT2D eigenvalue weighted by atomic mass is 9.82. The number of rotatable bonds is 6. The van der Waals surface area contributed by atoms with Crippen molar-refractivity contribution >= 4 is 11.9 Å². The molecule has 0 aliphatic carbocycles. The van der Waals surface area contributed by atoms with Gasteiger partial charge in [0.25, 0.3) is 5.91 Å². The molecule has 0 spiro atoms. The number of amides is 1. The molecule has 2 atom stereocenters. The van der Waals surface area contributed by atoms with Gasteiger partial charge in [-0.05, 0) is 53.4 Å². The van der Waals surface area contributed by atoms with Gasteiger partial charge in [-0.25, -0.2) is 13.8 Å². The number of guanidine groups is 1. The van der Waals surface area contributed by atoms with E-state index >= 15 is 0 Å². The van der Waals surface area contributed by atoms with Crippen molar-refractivity contribution in [2.45, 2.75) is 32.3 Å². The first-order valence-electron chi connectivity index (χ1n) is 10.2. The Balaban J connectivity index is 1.84. The number of nitrogens with zero attached hydrogens (tertiary/aromatic N) is 2. The summed E-state index contributed by atoms with van der Waals surface area (Å²) in [6.45, 7) is 3.26. The summed E-state index contributed by atoms with van der Waals surface area (Å²) in [6, 6.07) is 20.1. The number of aliphatic imine (C=N–C) groups is 1. The van der Waals surface area contributed by atoms with Gasteiger partial charge in [-0.1, -0.05) is 48.5 Å². The molecule has 3 aromatic rings. The number of hydrogen-bond acceptors (Lipinski definition) is 4. The van der Waals surface area contributed by atoms with Crippen LogP contribution in [0.15, 0.2) is 77.8 Å². The smallest absolute Gasteiger partial charge is 0.266 e. The Morgan fingerprint density at radius 1 is 1.06 bits per heavy atom. The van der Waals surface area contributed by atoms with Crippen LogP contribution in [0.2, 0.25) is 0 Å². The molecule has 2 unspecified atom stereocenters. The van der Waals surface area contributed by atoms with E-state index in [1.54, 1.807) is 31.2 Å². The van der Waals surface area contributed by atoms with Crippen LogP contribution in [0.3, 0.4) is 0 Å². The molecule has 1 heterocycles. The number of carbonyl (C=O) groups is 1. The van der Waals surface area contributed by atoms with Crippen LogP contribution < -0.4 is 10.5 Å². The summed E-state index contributed by atoms with van der Waals surface area (Å²) in [7, 11) is 0. The topological polar surface area (TPSA) is 67.9 Å². The molecule has 0 radical (unpaired) electrons. The fourth-order valence-electron chi connectivity index (χ4n) is 3.94. The van der Waals surface area contributed by atoms with Gasteiger partial charge in [0.2, 0.25) is 6.36 Å². The Labute approximate surface area is 185 Å². The molecule has 4 rings (SSSR count). The van der Waals surface area contributed by atoms with Gasteiger partial charge < -0.3 is 10.5 Å². The summed E-state index contributed by atoms with van der Waals surface area (Å²) >= 11 is 0. The third-order valence-corrected chi connectivity index (χ3v) is 5.42. The highest BCUT2D eigenvalue weighted by atomic mass is 19.1. The van der Waals surface area contributed by atoms with E-state index in [2.05, 4.69) is 4.99 Å². The lowest BCUT2D eigenvalue weighted by molar-refractivity contribution is -0.130. The first-order chi connectivity index (χ1) is 15.3. The lowest BCUT2D eigenvalue weighted by Gasteiger charge is -2.28. The molecular weight excluding hydrogens is 412 g/mol. The van der Waals surface area contributed by atoms with Crippen LogP contribution in [0.4, 0.5) is 8.78 Å². The van der Waals surface area contributed by atoms with Gasteiger partial charge in [0.05, 0.1) is 6.54 Å². The number of halogens is 2. The molecule has 0 saturated carbocycles. The van der Waals surface area contributed by atoms with Crippen LogP contribution in [0.1, 0.15) is 29.2 Å². The maximum absolute atomic E-state index is 14.2. The summed E-state index contributed by atoms with van der Waals surface area (Å²) < 4.78 is 32.7. The molecule has 1 amide bonds. The van der Waals surface area contributed by atoms with Crippen LogP contribution in [-0.4, -0.2) is 23.1 Å². The van der Waals surface area contributed by atoms with Gasteiger partial charge >= 0.3 is 0 Å². The summed E-state index contributed by atoms with van der Waals surface area (Å²) in [4.78, 5) is 19.8. The molecule has 0 bridgehead atoms. The first kappa shape index (κ1) is 21.5. The summed E-state index contributed by atoms with van der Waals surface area (Å²) in [5.41, 5.74) is 7.00. The highest BCUT2D eigenvalue weighted by Gasteiger charge is 2.50. The second-order valence-electron chi connectivity index (χ2n) is 7.71. The molecule has 7 heteroatoms. The average Bonchev–Trinajstić information content (AvgIpc) is 3.01. The third-order valence-electron chi connectivity index (χ3n) is 5.42. The predicted octanol–water partition coefficient (Wildman–Crippen LogP) is 4.43. The maximum Gasteiger partial charge on any atom is 0.266 e. The van der Waals surface area contributed by atoms with Crippen molar-refractivity contribution < 1.29 is 18.3 Å². The second kappa shape index (κ2) is 8.42. The molecule has 0 saturated heterocycles.